The Morgan fingerprint density at radius 1 is 1.42 bits per heavy atom. The van der Waals surface area contributed by atoms with Gasteiger partial charge >= 0.3 is 6.03 Å². The summed E-state index contributed by atoms with van der Waals surface area (Å²) in [4.78, 5) is 14.0. The minimum absolute atomic E-state index is 0.127. The van der Waals surface area contributed by atoms with Gasteiger partial charge in [0.2, 0.25) is 0 Å². The van der Waals surface area contributed by atoms with Crippen molar-refractivity contribution in [3.05, 3.63) is 28.2 Å². The van der Waals surface area contributed by atoms with Gasteiger partial charge in [0.05, 0.1) is 10.0 Å². The summed E-state index contributed by atoms with van der Waals surface area (Å²) >= 11 is 11.8. The lowest BCUT2D eigenvalue weighted by molar-refractivity contribution is 0.163. The zero-order chi connectivity index (χ0) is 14.0. The van der Waals surface area contributed by atoms with Crippen LogP contribution in [0.15, 0.2) is 18.2 Å². The Hall–Kier alpha value is -0.970. The standard InChI is InChI=1S/C13H17Cl2N3O/c1-8-6-9(16)4-5-18(8)13(19)17-10-2-3-11(14)12(15)7-10/h2-3,7-9H,4-6,16H2,1H3,(H,17,19). The Morgan fingerprint density at radius 2 is 2.16 bits per heavy atom. The largest absolute Gasteiger partial charge is 0.328 e. The summed E-state index contributed by atoms with van der Waals surface area (Å²) < 4.78 is 0. The first-order valence-electron chi connectivity index (χ1n) is 6.25. The highest BCUT2D eigenvalue weighted by molar-refractivity contribution is 6.42. The number of benzene rings is 1. The van der Waals surface area contributed by atoms with Crippen molar-refractivity contribution in [2.75, 3.05) is 11.9 Å². The van der Waals surface area contributed by atoms with Crippen molar-refractivity contribution in [3.8, 4) is 0 Å². The highest BCUT2D eigenvalue weighted by Crippen LogP contribution is 2.25. The summed E-state index contributed by atoms with van der Waals surface area (Å²) in [6.45, 7) is 2.68. The predicted molar refractivity (Wildman–Crippen MR) is 78.9 cm³/mol. The van der Waals surface area contributed by atoms with Gasteiger partial charge in [0.25, 0.3) is 0 Å². The summed E-state index contributed by atoms with van der Waals surface area (Å²) in [5.74, 6) is 0. The van der Waals surface area contributed by atoms with Gasteiger partial charge in [-0.2, -0.15) is 0 Å². The van der Waals surface area contributed by atoms with Crippen LogP contribution in [-0.2, 0) is 0 Å². The number of amides is 2. The highest BCUT2D eigenvalue weighted by Gasteiger charge is 2.26. The third-order valence-electron chi connectivity index (χ3n) is 3.35. The number of halogens is 2. The van der Waals surface area contributed by atoms with E-state index in [0.29, 0.717) is 22.3 Å². The van der Waals surface area contributed by atoms with Gasteiger partial charge in [-0.1, -0.05) is 23.2 Å². The summed E-state index contributed by atoms with van der Waals surface area (Å²) in [7, 11) is 0. The average Bonchev–Trinajstić information content (AvgIpc) is 2.33. The molecule has 2 amide bonds. The van der Waals surface area contributed by atoms with Crippen molar-refractivity contribution in [2.45, 2.75) is 31.8 Å². The summed E-state index contributed by atoms with van der Waals surface area (Å²) in [6, 6.07) is 5.23. The lowest BCUT2D eigenvalue weighted by Gasteiger charge is -2.36. The number of carbonyl (C=O) groups excluding carboxylic acids is 1. The first-order valence-corrected chi connectivity index (χ1v) is 7.01. The summed E-state index contributed by atoms with van der Waals surface area (Å²) in [5.41, 5.74) is 6.53. The maximum absolute atomic E-state index is 12.2. The van der Waals surface area contributed by atoms with E-state index in [1.807, 2.05) is 6.92 Å². The Morgan fingerprint density at radius 3 is 2.79 bits per heavy atom. The second-order valence-electron chi connectivity index (χ2n) is 4.89. The second kappa shape index (κ2) is 5.99. The second-order valence-corrected chi connectivity index (χ2v) is 5.70. The number of nitrogens with one attached hydrogen (secondary N) is 1. The van der Waals surface area contributed by atoms with Gasteiger partial charge in [0, 0.05) is 24.3 Å². The van der Waals surface area contributed by atoms with Crippen LogP contribution in [0.1, 0.15) is 19.8 Å². The molecule has 1 saturated heterocycles. The van der Waals surface area contributed by atoms with Gasteiger partial charge in [0.15, 0.2) is 0 Å². The van der Waals surface area contributed by atoms with Crippen molar-refractivity contribution in [1.29, 1.82) is 0 Å². The smallest absolute Gasteiger partial charge is 0.322 e. The zero-order valence-electron chi connectivity index (χ0n) is 10.7. The Labute approximate surface area is 122 Å². The Bertz CT molecular complexity index is 481. The van der Waals surface area contributed by atoms with Crippen molar-refractivity contribution < 1.29 is 4.79 Å². The molecule has 2 atom stereocenters. The third-order valence-corrected chi connectivity index (χ3v) is 4.09. The third kappa shape index (κ3) is 3.53. The first kappa shape index (κ1) is 14.4. The molecule has 1 fully saturated rings. The van der Waals surface area contributed by atoms with Gasteiger partial charge in [0.1, 0.15) is 0 Å². The maximum atomic E-state index is 12.2. The maximum Gasteiger partial charge on any atom is 0.322 e. The normalized spacial score (nSPS) is 23.3. The number of piperidine rings is 1. The topological polar surface area (TPSA) is 58.4 Å². The zero-order valence-corrected chi connectivity index (χ0v) is 12.2. The predicted octanol–water partition coefficient (Wildman–Crippen LogP) is 3.34. The van der Waals surface area contributed by atoms with Crippen molar-refractivity contribution in [1.82, 2.24) is 4.90 Å². The molecule has 19 heavy (non-hydrogen) atoms. The number of nitrogens with two attached hydrogens (primary N) is 1. The first-order chi connectivity index (χ1) is 8.97. The number of urea groups is 1. The molecule has 0 aromatic heterocycles. The molecule has 1 aromatic carbocycles. The van der Waals surface area contributed by atoms with Crippen LogP contribution in [0.25, 0.3) is 0 Å². The number of hydrogen-bond acceptors (Lipinski definition) is 2. The molecule has 0 bridgehead atoms. The molecule has 2 unspecified atom stereocenters. The number of likely N-dealkylation sites (tertiary alicyclic amines) is 1. The van der Waals surface area contributed by atoms with Gasteiger partial charge in [-0.15, -0.1) is 0 Å². The van der Waals surface area contributed by atoms with Crippen LogP contribution in [-0.4, -0.2) is 29.6 Å². The highest BCUT2D eigenvalue weighted by atomic mass is 35.5. The summed E-state index contributed by atoms with van der Waals surface area (Å²) in [6.07, 6.45) is 1.66. The summed E-state index contributed by atoms with van der Waals surface area (Å²) in [5, 5.41) is 3.72. The van der Waals surface area contributed by atoms with E-state index in [9.17, 15) is 4.79 Å². The number of carbonyl (C=O) groups is 1. The quantitative estimate of drug-likeness (QED) is 0.836. The molecule has 1 aliphatic rings. The SMILES string of the molecule is CC1CC(N)CCN1C(=O)Nc1ccc(Cl)c(Cl)c1. The van der Waals surface area contributed by atoms with E-state index in [1.165, 1.54) is 0 Å². The molecule has 6 heteroatoms. The van der Waals surface area contributed by atoms with Crippen molar-refractivity contribution >= 4 is 34.9 Å². The van der Waals surface area contributed by atoms with Gasteiger partial charge in [-0.3, -0.25) is 0 Å². The van der Waals surface area contributed by atoms with Crippen LogP contribution in [0.5, 0.6) is 0 Å². The Balaban J connectivity index is 2.02. The molecule has 1 heterocycles. The van der Waals surface area contributed by atoms with Crippen LogP contribution in [0.2, 0.25) is 10.0 Å². The average molecular weight is 302 g/mol. The lowest BCUT2D eigenvalue weighted by atomic mass is 10.00. The van der Waals surface area contributed by atoms with Gasteiger partial charge in [-0.05, 0) is 38.0 Å². The minimum atomic E-state index is -0.127. The minimum Gasteiger partial charge on any atom is -0.328 e. The molecule has 4 nitrogen and oxygen atoms in total. The molecular weight excluding hydrogens is 285 g/mol. The van der Waals surface area contributed by atoms with E-state index in [1.54, 1.807) is 23.1 Å². The fourth-order valence-electron chi connectivity index (χ4n) is 2.28. The van der Waals surface area contributed by atoms with Gasteiger partial charge in [-0.25, -0.2) is 4.79 Å². The van der Waals surface area contributed by atoms with E-state index in [-0.39, 0.29) is 18.1 Å². The van der Waals surface area contributed by atoms with Crippen LogP contribution in [0.4, 0.5) is 10.5 Å². The van der Waals surface area contributed by atoms with Crippen molar-refractivity contribution in [3.63, 3.8) is 0 Å². The van der Waals surface area contributed by atoms with Crippen LogP contribution in [0, 0.1) is 0 Å². The van der Waals surface area contributed by atoms with Gasteiger partial charge < -0.3 is 16.0 Å². The van der Waals surface area contributed by atoms with Crippen molar-refractivity contribution in [2.24, 2.45) is 5.73 Å². The molecule has 2 rings (SSSR count). The van der Waals surface area contributed by atoms with Crippen LogP contribution < -0.4 is 11.1 Å². The van der Waals surface area contributed by atoms with E-state index >= 15 is 0 Å². The molecule has 0 spiro atoms. The number of hydrogen-bond donors (Lipinski definition) is 2. The molecule has 0 aliphatic carbocycles. The molecular formula is C13H17Cl2N3O. The molecule has 0 saturated carbocycles. The van der Waals surface area contributed by atoms with E-state index in [2.05, 4.69) is 5.32 Å². The molecule has 104 valence electrons. The van der Waals surface area contributed by atoms with E-state index < -0.39 is 0 Å². The number of nitrogens with zero attached hydrogens (tertiary/aromatic N) is 1. The van der Waals surface area contributed by atoms with Crippen LogP contribution in [0.3, 0.4) is 0 Å². The number of anilines is 1. The molecule has 1 aliphatic heterocycles. The Kier molecular flexibility index (Phi) is 4.55. The fourth-order valence-corrected chi connectivity index (χ4v) is 2.58. The molecule has 1 aromatic rings. The number of rotatable bonds is 1. The van der Waals surface area contributed by atoms with Crippen LogP contribution >= 0.6 is 23.2 Å². The lowest BCUT2D eigenvalue weighted by Crippen LogP contribution is -2.49. The fraction of sp³-hybridized carbons (Fsp3) is 0.462. The van der Waals surface area contributed by atoms with E-state index in [4.69, 9.17) is 28.9 Å². The van der Waals surface area contributed by atoms with E-state index in [0.717, 1.165) is 12.8 Å². The molecule has 0 radical (unpaired) electrons. The monoisotopic (exact) mass is 301 g/mol. The molecule has 3 N–H and O–H groups in total.